The molecule has 0 aromatic heterocycles. The minimum absolute atomic E-state index is 0.0450. The highest BCUT2D eigenvalue weighted by Crippen LogP contribution is 2.31. The van der Waals surface area contributed by atoms with Crippen LogP contribution in [-0.4, -0.2) is 29.7 Å². The Balaban J connectivity index is 2.36. The summed E-state index contributed by atoms with van der Waals surface area (Å²) in [5.74, 6) is -1.20. The average molecular weight is 376 g/mol. The Morgan fingerprint density at radius 3 is 2.65 bits per heavy atom. The van der Waals surface area contributed by atoms with Gasteiger partial charge in [0.2, 0.25) is 0 Å². The van der Waals surface area contributed by atoms with Crippen molar-refractivity contribution in [1.82, 2.24) is 0 Å². The summed E-state index contributed by atoms with van der Waals surface area (Å²) < 4.78 is 5.05. The van der Waals surface area contributed by atoms with Crippen molar-refractivity contribution in [2.45, 2.75) is 32.7 Å². The molecule has 1 atom stereocenters. The molecule has 0 saturated heterocycles. The van der Waals surface area contributed by atoms with Gasteiger partial charge in [0.05, 0.1) is 6.61 Å². The van der Waals surface area contributed by atoms with Gasteiger partial charge in [-0.3, -0.25) is 4.79 Å². The zero-order valence-electron chi connectivity index (χ0n) is 14.8. The van der Waals surface area contributed by atoms with Crippen molar-refractivity contribution in [2.24, 2.45) is 0 Å². The number of aryl methyl sites for hydroxylation is 1. The van der Waals surface area contributed by atoms with Gasteiger partial charge in [-0.1, -0.05) is 35.9 Å². The van der Waals surface area contributed by atoms with Crippen LogP contribution in [0.1, 0.15) is 25.8 Å². The summed E-state index contributed by atoms with van der Waals surface area (Å²) in [5.41, 5.74) is 3.39. The molecule has 0 spiro atoms. The van der Waals surface area contributed by atoms with Crippen LogP contribution in [0.5, 0.6) is 0 Å². The number of ether oxygens (including phenoxy) is 1. The van der Waals surface area contributed by atoms with Gasteiger partial charge in [0, 0.05) is 22.7 Å². The molecule has 0 aliphatic rings. The van der Waals surface area contributed by atoms with Crippen molar-refractivity contribution in [3.8, 4) is 11.1 Å². The van der Waals surface area contributed by atoms with Crippen LogP contribution in [0, 0.1) is 0 Å². The fourth-order valence-electron chi connectivity index (χ4n) is 2.58. The molecular weight excluding hydrogens is 354 g/mol. The maximum atomic E-state index is 12.0. The molecule has 26 heavy (non-hydrogen) atoms. The number of carbonyl (C=O) groups excluding carboxylic acids is 1. The van der Waals surface area contributed by atoms with Gasteiger partial charge in [-0.25, -0.2) is 4.79 Å². The van der Waals surface area contributed by atoms with Crippen LogP contribution in [0.3, 0.4) is 0 Å². The van der Waals surface area contributed by atoms with E-state index in [0.717, 1.165) is 22.4 Å². The van der Waals surface area contributed by atoms with Gasteiger partial charge in [0.25, 0.3) is 0 Å². The van der Waals surface area contributed by atoms with Crippen molar-refractivity contribution < 1.29 is 19.4 Å². The van der Waals surface area contributed by atoms with E-state index >= 15 is 0 Å². The van der Waals surface area contributed by atoms with E-state index in [1.807, 2.05) is 36.4 Å². The fraction of sp³-hybridized carbons (Fsp3) is 0.300. The lowest BCUT2D eigenvalue weighted by Gasteiger charge is -2.18. The number of halogens is 1. The van der Waals surface area contributed by atoms with Gasteiger partial charge < -0.3 is 15.2 Å². The quantitative estimate of drug-likeness (QED) is 0.669. The first-order valence-corrected chi connectivity index (χ1v) is 8.82. The van der Waals surface area contributed by atoms with Gasteiger partial charge in [-0.15, -0.1) is 0 Å². The zero-order valence-corrected chi connectivity index (χ0v) is 15.5. The molecule has 2 rings (SSSR count). The smallest absolute Gasteiger partial charge is 0.328 e. The van der Waals surface area contributed by atoms with E-state index in [1.54, 1.807) is 19.9 Å². The van der Waals surface area contributed by atoms with Crippen molar-refractivity contribution in [2.75, 3.05) is 11.9 Å². The summed E-state index contributed by atoms with van der Waals surface area (Å²) in [5, 5.41) is 12.7. The van der Waals surface area contributed by atoms with Gasteiger partial charge in [0.1, 0.15) is 6.04 Å². The van der Waals surface area contributed by atoms with Crippen LogP contribution < -0.4 is 5.32 Å². The van der Waals surface area contributed by atoms with Crippen LogP contribution >= 0.6 is 11.6 Å². The van der Waals surface area contributed by atoms with Crippen LogP contribution in [-0.2, 0) is 20.7 Å². The zero-order chi connectivity index (χ0) is 19.1. The molecule has 2 aromatic rings. The molecule has 0 radical (unpaired) electrons. The lowest BCUT2D eigenvalue weighted by molar-refractivity contribution is -0.143. The SMILES string of the molecule is CCOC(=O)[C@H](C)Nc1cc(CCC(=O)O)ccc1-c1cccc(Cl)c1. The summed E-state index contributed by atoms with van der Waals surface area (Å²) >= 11 is 6.10. The Hall–Kier alpha value is -2.53. The average Bonchev–Trinajstić information content (AvgIpc) is 2.60. The van der Waals surface area contributed by atoms with Crippen LogP contribution in [0.25, 0.3) is 11.1 Å². The first kappa shape index (κ1) is 19.8. The van der Waals surface area contributed by atoms with Crippen LogP contribution in [0.15, 0.2) is 42.5 Å². The van der Waals surface area contributed by atoms with Crippen molar-refractivity contribution in [3.05, 3.63) is 53.1 Å². The predicted octanol–water partition coefficient (Wildman–Crippen LogP) is 4.39. The standard InChI is InChI=1S/C20H22ClNO4/c1-3-26-20(25)13(2)22-18-11-14(8-10-19(23)24)7-9-17(18)15-5-4-6-16(21)12-15/h4-7,9,11-13,22H,3,8,10H2,1-2H3,(H,23,24)/t13-/m0/s1. The molecule has 2 N–H and O–H groups in total. The molecule has 0 aliphatic carbocycles. The van der Waals surface area contributed by atoms with Crippen molar-refractivity contribution in [3.63, 3.8) is 0 Å². The molecule has 0 heterocycles. The molecule has 0 bridgehead atoms. The Morgan fingerprint density at radius 1 is 1.23 bits per heavy atom. The van der Waals surface area contributed by atoms with Gasteiger partial charge in [0.15, 0.2) is 0 Å². The first-order valence-electron chi connectivity index (χ1n) is 8.44. The number of nitrogens with one attached hydrogen (secondary N) is 1. The highest BCUT2D eigenvalue weighted by atomic mass is 35.5. The number of carboxylic acid groups (broad SMARTS) is 1. The van der Waals surface area contributed by atoms with Gasteiger partial charge >= 0.3 is 11.9 Å². The second kappa shape index (κ2) is 9.25. The van der Waals surface area contributed by atoms with E-state index < -0.39 is 12.0 Å². The minimum atomic E-state index is -0.849. The molecule has 5 nitrogen and oxygen atoms in total. The number of esters is 1. The highest BCUT2D eigenvalue weighted by molar-refractivity contribution is 6.30. The predicted molar refractivity (Wildman–Crippen MR) is 103 cm³/mol. The van der Waals surface area contributed by atoms with Crippen LogP contribution in [0.2, 0.25) is 5.02 Å². The summed E-state index contributed by atoms with van der Waals surface area (Å²) in [4.78, 5) is 22.8. The van der Waals surface area contributed by atoms with E-state index in [4.69, 9.17) is 21.4 Å². The fourth-order valence-corrected chi connectivity index (χ4v) is 2.78. The number of carboxylic acids is 1. The lowest BCUT2D eigenvalue weighted by atomic mass is 9.99. The Morgan fingerprint density at radius 2 is 2.00 bits per heavy atom. The monoisotopic (exact) mass is 375 g/mol. The Labute approximate surface area is 157 Å². The second-order valence-corrected chi connectivity index (χ2v) is 6.34. The molecule has 0 aliphatic heterocycles. The maximum absolute atomic E-state index is 12.0. The molecule has 0 saturated carbocycles. The van der Waals surface area contributed by atoms with Gasteiger partial charge in [-0.2, -0.15) is 0 Å². The number of anilines is 1. The summed E-state index contributed by atoms with van der Waals surface area (Å²) in [6.45, 7) is 3.79. The number of rotatable bonds is 8. The second-order valence-electron chi connectivity index (χ2n) is 5.90. The normalized spacial score (nSPS) is 11.7. The number of benzene rings is 2. The van der Waals surface area contributed by atoms with Crippen molar-refractivity contribution >= 4 is 29.2 Å². The highest BCUT2D eigenvalue weighted by Gasteiger charge is 2.16. The van der Waals surface area contributed by atoms with Crippen LogP contribution in [0.4, 0.5) is 5.69 Å². The molecule has 138 valence electrons. The van der Waals surface area contributed by atoms with Crippen molar-refractivity contribution in [1.29, 1.82) is 0 Å². The Bertz CT molecular complexity index is 791. The molecule has 0 unspecified atom stereocenters. The Kier molecular flexibility index (Phi) is 7.04. The molecular formula is C20H22ClNO4. The van der Waals surface area contributed by atoms with E-state index in [2.05, 4.69) is 5.32 Å². The summed E-state index contributed by atoms with van der Waals surface area (Å²) in [6, 6.07) is 12.5. The first-order chi connectivity index (χ1) is 12.4. The van der Waals surface area contributed by atoms with E-state index in [-0.39, 0.29) is 12.4 Å². The number of carbonyl (C=O) groups is 2. The number of hydrogen-bond donors (Lipinski definition) is 2. The maximum Gasteiger partial charge on any atom is 0.328 e. The largest absolute Gasteiger partial charge is 0.481 e. The lowest BCUT2D eigenvalue weighted by Crippen LogP contribution is -2.28. The molecule has 0 fully saturated rings. The van der Waals surface area contributed by atoms with E-state index in [0.29, 0.717) is 18.1 Å². The number of aliphatic carboxylic acids is 1. The summed E-state index contributed by atoms with van der Waals surface area (Å²) in [6.07, 6.45) is 0.455. The third kappa shape index (κ3) is 5.49. The molecule has 2 aromatic carbocycles. The molecule has 0 amide bonds. The number of hydrogen-bond acceptors (Lipinski definition) is 4. The van der Waals surface area contributed by atoms with Gasteiger partial charge in [-0.05, 0) is 49.6 Å². The summed E-state index contributed by atoms with van der Waals surface area (Å²) in [7, 11) is 0. The van der Waals surface area contributed by atoms with E-state index in [1.165, 1.54) is 0 Å². The molecule has 6 heteroatoms. The minimum Gasteiger partial charge on any atom is -0.481 e. The third-order valence-electron chi connectivity index (χ3n) is 3.86. The third-order valence-corrected chi connectivity index (χ3v) is 4.09. The topological polar surface area (TPSA) is 75.6 Å². The van der Waals surface area contributed by atoms with E-state index in [9.17, 15) is 9.59 Å².